The fourth-order valence-corrected chi connectivity index (χ4v) is 3.94. The summed E-state index contributed by atoms with van der Waals surface area (Å²) in [6.07, 6.45) is 1.16. The summed E-state index contributed by atoms with van der Waals surface area (Å²) < 4.78 is 27.9. The third-order valence-electron chi connectivity index (χ3n) is 3.38. The van der Waals surface area contributed by atoms with Crippen LogP contribution in [0.1, 0.15) is 32.0 Å². The number of carbonyl (C=O) groups excluding carboxylic acids is 1. The van der Waals surface area contributed by atoms with E-state index in [1.54, 1.807) is 7.05 Å². The fraction of sp³-hybridized carbons (Fsp3) is 0.769. The van der Waals surface area contributed by atoms with E-state index in [0.717, 1.165) is 0 Å². The highest BCUT2D eigenvalue weighted by atomic mass is 32.2. The SMILES string of the molecule is CC(C)Cc1nc(CN(C)C(=O)NC2CCS(=O)(=O)C2)no1. The molecule has 0 bridgehead atoms. The molecule has 1 N–H and O–H groups in total. The topological polar surface area (TPSA) is 105 Å². The van der Waals surface area contributed by atoms with Crippen LogP contribution in [0.4, 0.5) is 4.79 Å². The maximum Gasteiger partial charge on any atom is 0.317 e. The van der Waals surface area contributed by atoms with Gasteiger partial charge in [0.2, 0.25) is 5.89 Å². The van der Waals surface area contributed by atoms with E-state index in [0.29, 0.717) is 30.5 Å². The van der Waals surface area contributed by atoms with Crippen molar-refractivity contribution in [2.45, 2.75) is 39.3 Å². The van der Waals surface area contributed by atoms with Crippen molar-refractivity contribution >= 4 is 15.9 Å². The van der Waals surface area contributed by atoms with Gasteiger partial charge in [-0.3, -0.25) is 0 Å². The predicted octanol–water partition coefficient (Wildman–Crippen LogP) is 0.597. The summed E-state index contributed by atoms with van der Waals surface area (Å²) >= 11 is 0. The smallest absolute Gasteiger partial charge is 0.317 e. The zero-order valence-corrected chi connectivity index (χ0v) is 13.9. The highest BCUT2D eigenvalue weighted by Crippen LogP contribution is 2.12. The second-order valence-electron chi connectivity index (χ2n) is 6.11. The average molecular weight is 330 g/mol. The average Bonchev–Trinajstić information content (AvgIpc) is 2.95. The van der Waals surface area contributed by atoms with Gasteiger partial charge in [-0.2, -0.15) is 4.98 Å². The molecule has 0 aromatic carbocycles. The van der Waals surface area contributed by atoms with Crippen molar-refractivity contribution in [2.75, 3.05) is 18.6 Å². The van der Waals surface area contributed by atoms with Crippen molar-refractivity contribution in [1.29, 1.82) is 0 Å². The minimum Gasteiger partial charge on any atom is -0.339 e. The van der Waals surface area contributed by atoms with Gasteiger partial charge in [0.25, 0.3) is 0 Å². The van der Waals surface area contributed by atoms with Crippen molar-refractivity contribution in [3.8, 4) is 0 Å². The van der Waals surface area contributed by atoms with Crippen LogP contribution in [0, 0.1) is 5.92 Å². The molecule has 124 valence electrons. The van der Waals surface area contributed by atoms with Gasteiger partial charge < -0.3 is 14.7 Å². The second kappa shape index (κ2) is 6.64. The van der Waals surface area contributed by atoms with Crippen molar-refractivity contribution in [1.82, 2.24) is 20.4 Å². The lowest BCUT2D eigenvalue weighted by Crippen LogP contribution is -2.43. The summed E-state index contributed by atoms with van der Waals surface area (Å²) in [5.41, 5.74) is 0. The van der Waals surface area contributed by atoms with Crippen molar-refractivity contribution in [3.63, 3.8) is 0 Å². The quantitative estimate of drug-likeness (QED) is 0.847. The molecule has 22 heavy (non-hydrogen) atoms. The first-order chi connectivity index (χ1) is 10.2. The van der Waals surface area contributed by atoms with Gasteiger partial charge in [-0.1, -0.05) is 19.0 Å². The van der Waals surface area contributed by atoms with Gasteiger partial charge in [0.15, 0.2) is 15.7 Å². The second-order valence-corrected chi connectivity index (χ2v) is 8.34. The van der Waals surface area contributed by atoms with E-state index >= 15 is 0 Å². The number of hydrogen-bond donors (Lipinski definition) is 1. The zero-order valence-electron chi connectivity index (χ0n) is 13.1. The molecule has 0 radical (unpaired) electrons. The van der Waals surface area contributed by atoms with Crippen LogP contribution >= 0.6 is 0 Å². The maximum absolute atomic E-state index is 12.0. The number of rotatable bonds is 5. The Labute approximate surface area is 130 Å². The largest absolute Gasteiger partial charge is 0.339 e. The summed E-state index contributed by atoms with van der Waals surface area (Å²) in [7, 11) is -1.40. The van der Waals surface area contributed by atoms with Crippen LogP contribution in [0.2, 0.25) is 0 Å². The molecule has 2 rings (SSSR count). The molecule has 1 aromatic heterocycles. The van der Waals surface area contributed by atoms with E-state index in [4.69, 9.17) is 4.52 Å². The molecule has 1 aliphatic rings. The standard InChI is InChI=1S/C13H22N4O4S/c1-9(2)6-12-15-11(16-21-12)7-17(3)13(18)14-10-4-5-22(19,20)8-10/h9-10H,4-8H2,1-3H3,(H,14,18). The van der Waals surface area contributed by atoms with Gasteiger partial charge in [0, 0.05) is 19.5 Å². The Morgan fingerprint density at radius 3 is 2.82 bits per heavy atom. The van der Waals surface area contributed by atoms with Gasteiger partial charge >= 0.3 is 6.03 Å². The van der Waals surface area contributed by atoms with Crippen LogP contribution in [0.5, 0.6) is 0 Å². The molecule has 0 aliphatic carbocycles. The van der Waals surface area contributed by atoms with Crippen LogP contribution in [0.3, 0.4) is 0 Å². The predicted molar refractivity (Wildman–Crippen MR) is 79.9 cm³/mol. The Morgan fingerprint density at radius 2 is 2.23 bits per heavy atom. The summed E-state index contributed by atoms with van der Waals surface area (Å²) in [5, 5.41) is 6.56. The Hall–Kier alpha value is -1.64. The minimum absolute atomic E-state index is 0.00727. The Kier molecular flexibility index (Phi) is 5.05. The van der Waals surface area contributed by atoms with Gasteiger partial charge in [0.05, 0.1) is 18.1 Å². The number of hydrogen-bond acceptors (Lipinski definition) is 6. The highest BCUT2D eigenvalue weighted by Gasteiger charge is 2.29. The maximum atomic E-state index is 12.0. The Balaban J connectivity index is 1.85. The van der Waals surface area contributed by atoms with Crippen molar-refractivity contribution in [2.24, 2.45) is 5.92 Å². The number of nitrogens with one attached hydrogen (secondary N) is 1. The van der Waals surface area contributed by atoms with E-state index in [9.17, 15) is 13.2 Å². The van der Waals surface area contributed by atoms with Crippen LogP contribution in [-0.2, 0) is 22.8 Å². The monoisotopic (exact) mass is 330 g/mol. The molecule has 0 spiro atoms. The minimum atomic E-state index is -3.01. The van der Waals surface area contributed by atoms with Crippen molar-refractivity contribution < 1.29 is 17.7 Å². The van der Waals surface area contributed by atoms with E-state index in [-0.39, 0.29) is 30.1 Å². The lowest BCUT2D eigenvalue weighted by molar-refractivity contribution is 0.202. The van der Waals surface area contributed by atoms with E-state index < -0.39 is 9.84 Å². The van der Waals surface area contributed by atoms with Crippen LogP contribution < -0.4 is 5.32 Å². The molecule has 1 aliphatic heterocycles. The number of carbonyl (C=O) groups is 1. The molecule has 1 atom stereocenters. The number of amides is 2. The van der Waals surface area contributed by atoms with E-state index in [2.05, 4.69) is 29.3 Å². The molecule has 8 nitrogen and oxygen atoms in total. The Bertz CT molecular complexity index is 626. The number of sulfone groups is 1. The van der Waals surface area contributed by atoms with Crippen LogP contribution in [0.15, 0.2) is 4.52 Å². The molecule has 1 fully saturated rings. The first kappa shape index (κ1) is 16.7. The lowest BCUT2D eigenvalue weighted by atomic mass is 10.1. The molecule has 1 unspecified atom stereocenters. The summed E-state index contributed by atoms with van der Waals surface area (Å²) in [5.74, 6) is 1.55. The van der Waals surface area contributed by atoms with Gasteiger partial charge in [0.1, 0.15) is 0 Å². The molecule has 2 heterocycles. The van der Waals surface area contributed by atoms with Crippen LogP contribution in [-0.4, -0.2) is 54.1 Å². The molecule has 1 aromatic rings. The first-order valence-electron chi connectivity index (χ1n) is 7.28. The molecular weight excluding hydrogens is 308 g/mol. The lowest BCUT2D eigenvalue weighted by Gasteiger charge is -2.18. The zero-order chi connectivity index (χ0) is 16.3. The van der Waals surface area contributed by atoms with E-state index in [1.807, 2.05) is 0 Å². The summed E-state index contributed by atoms with van der Waals surface area (Å²) in [6.45, 7) is 4.32. The number of urea groups is 1. The van der Waals surface area contributed by atoms with E-state index in [1.165, 1.54) is 4.90 Å². The third-order valence-corrected chi connectivity index (χ3v) is 5.15. The molecule has 9 heteroatoms. The first-order valence-corrected chi connectivity index (χ1v) is 9.11. The molecule has 0 saturated carbocycles. The van der Waals surface area contributed by atoms with Crippen molar-refractivity contribution in [3.05, 3.63) is 11.7 Å². The Morgan fingerprint density at radius 1 is 1.50 bits per heavy atom. The van der Waals surface area contributed by atoms with Gasteiger partial charge in [-0.05, 0) is 12.3 Å². The summed E-state index contributed by atoms with van der Waals surface area (Å²) in [6, 6.07) is -0.654. The number of aromatic nitrogens is 2. The summed E-state index contributed by atoms with van der Waals surface area (Å²) in [4.78, 5) is 17.7. The van der Waals surface area contributed by atoms with Crippen LogP contribution in [0.25, 0.3) is 0 Å². The normalized spacial score (nSPS) is 20.3. The van der Waals surface area contributed by atoms with Gasteiger partial charge in [-0.25, -0.2) is 13.2 Å². The molecular formula is C13H22N4O4S. The molecule has 2 amide bonds. The fourth-order valence-electron chi connectivity index (χ4n) is 2.26. The third kappa shape index (κ3) is 4.69. The highest BCUT2D eigenvalue weighted by molar-refractivity contribution is 7.91. The molecule has 1 saturated heterocycles. The number of nitrogens with zero attached hydrogens (tertiary/aromatic N) is 3. The van der Waals surface area contributed by atoms with Gasteiger partial charge in [-0.15, -0.1) is 0 Å².